The number of amides is 2. The molecule has 0 bridgehead atoms. The minimum absolute atomic E-state index is 0.0465. The molecule has 0 radical (unpaired) electrons. The third-order valence-corrected chi connectivity index (χ3v) is 5.27. The van der Waals surface area contributed by atoms with Crippen molar-refractivity contribution in [3.8, 4) is 5.75 Å². The highest BCUT2D eigenvalue weighted by Crippen LogP contribution is 2.27. The van der Waals surface area contributed by atoms with Gasteiger partial charge in [-0.3, -0.25) is 9.59 Å². The Bertz CT molecular complexity index is 904. The van der Waals surface area contributed by atoms with Gasteiger partial charge in [0.25, 0.3) is 5.91 Å². The predicted molar refractivity (Wildman–Crippen MR) is 117 cm³/mol. The van der Waals surface area contributed by atoms with Gasteiger partial charge in [0.15, 0.2) is 0 Å². The molecule has 1 aliphatic rings. The second-order valence-electron chi connectivity index (χ2n) is 7.55. The molecule has 0 aromatic heterocycles. The number of anilines is 1. The van der Waals surface area contributed by atoms with E-state index in [1.165, 1.54) is 25.0 Å². The van der Waals surface area contributed by atoms with E-state index in [0.717, 1.165) is 18.4 Å². The average molecular weight is 424 g/mol. The highest BCUT2D eigenvalue weighted by molar-refractivity contribution is 6.04. The average Bonchev–Trinajstić information content (AvgIpc) is 3.26. The molecule has 1 fully saturated rings. The minimum atomic E-state index is -0.788. The van der Waals surface area contributed by atoms with Crippen LogP contribution in [-0.2, 0) is 16.1 Å². The van der Waals surface area contributed by atoms with Gasteiger partial charge in [0.05, 0.1) is 6.61 Å². The maximum Gasteiger partial charge on any atom is 0.513 e. The summed E-state index contributed by atoms with van der Waals surface area (Å²) in [4.78, 5) is 36.2. The van der Waals surface area contributed by atoms with Crippen LogP contribution in [0.2, 0.25) is 0 Å². The van der Waals surface area contributed by atoms with Crippen molar-refractivity contribution in [2.75, 3.05) is 11.9 Å². The summed E-state index contributed by atoms with van der Waals surface area (Å²) in [5.74, 6) is 0.531. The largest absolute Gasteiger partial charge is 0.513 e. The van der Waals surface area contributed by atoms with Crippen LogP contribution in [-0.4, -0.2) is 24.6 Å². The molecule has 31 heavy (non-hydrogen) atoms. The maximum absolute atomic E-state index is 12.6. The Kier molecular flexibility index (Phi) is 8.04. The summed E-state index contributed by atoms with van der Waals surface area (Å²) in [5.41, 5.74) is 1.88. The van der Waals surface area contributed by atoms with E-state index in [1.54, 1.807) is 25.1 Å². The van der Waals surface area contributed by atoms with E-state index in [-0.39, 0.29) is 18.4 Å². The van der Waals surface area contributed by atoms with E-state index in [9.17, 15) is 14.4 Å². The first-order valence-corrected chi connectivity index (χ1v) is 10.7. The lowest BCUT2D eigenvalue weighted by molar-refractivity contribution is -0.122. The molecule has 2 aromatic carbocycles. The molecule has 2 aromatic rings. The van der Waals surface area contributed by atoms with Crippen molar-refractivity contribution in [2.45, 2.75) is 45.6 Å². The van der Waals surface area contributed by atoms with Crippen molar-refractivity contribution in [1.82, 2.24) is 5.32 Å². The lowest BCUT2D eigenvalue weighted by Gasteiger charge is -2.13. The number of hydrogen-bond donors (Lipinski definition) is 2. The molecule has 164 valence electrons. The standard InChI is InChI=1S/C24H28N2O5/c1-2-30-24(29)31-20-13-11-18(12-14-20)23(28)26-21-10-6-5-9-19(21)16-25-22(27)15-17-7-3-4-8-17/h5-6,9-14,17H,2-4,7-8,15-16H2,1H3,(H,25,27)(H,26,28). The van der Waals surface area contributed by atoms with Gasteiger partial charge < -0.3 is 20.1 Å². The van der Waals surface area contributed by atoms with Crippen LogP contribution in [0.3, 0.4) is 0 Å². The summed E-state index contributed by atoms with van der Waals surface area (Å²) in [6, 6.07) is 13.6. The number of hydrogen-bond acceptors (Lipinski definition) is 5. The molecule has 7 nitrogen and oxygen atoms in total. The van der Waals surface area contributed by atoms with Crippen molar-refractivity contribution in [3.63, 3.8) is 0 Å². The maximum atomic E-state index is 12.6. The Balaban J connectivity index is 1.56. The lowest BCUT2D eigenvalue weighted by atomic mass is 10.0. The number of ether oxygens (including phenoxy) is 2. The molecule has 0 saturated heterocycles. The van der Waals surface area contributed by atoms with Gasteiger partial charge in [-0.1, -0.05) is 31.0 Å². The molecule has 7 heteroatoms. The summed E-state index contributed by atoms with van der Waals surface area (Å²) in [7, 11) is 0. The molecule has 2 amide bonds. The van der Waals surface area contributed by atoms with Crippen LogP contribution >= 0.6 is 0 Å². The SMILES string of the molecule is CCOC(=O)Oc1ccc(C(=O)Nc2ccccc2CNC(=O)CC2CCCC2)cc1. The monoisotopic (exact) mass is 424 g/mol. The predicted octanol–water partition coefficient (Wildman–Crippen LogP) is 4.67. The van der Waals surface area contributed by atoms with E-state index in [1.807, 2.05) is 18.2 Å². The van der Waals surface area contributed by atoms with E-state index in [0.29, 0.717) is 35.9 Å². The number of rotatable bonds is 8. The van der Waals surface area contributed by atoms with Crippen LogP contribution in [0.25, 0.3) is 0 Å². The van der Waals surface area contributed by atoms with Crippen molar-refractivity contribution < 1.29 is 23.9 Å². The number of benzene rings is 2. The second-order valence-corrected chi connectivity index (χ2v) is 7.55. The van der Waals surface area contributed by atoms with Gasteiger partial charge in [-0.15, -0.1) is 0 Å². The first kappa shape index (κ1) is 22.3. The fraction of sp³-hybridized carbons (Fsp3) is 0.375. The first-order valence-electron chi connectivity index (χ1n) is 10.7. The lowest BCUT2D eigenvalue weighted by Crippen LogP contribution is -2.25. The molecule has 2 N–H and O–H groups in total. The van der Waals surface area contributed by atoms with Gasteiger partial charge in [0, 0.05) is 24.2 Å². The zero-order chi connectivity index (χ0) is 22.1. The Morgan fingerprint density at radius 3 is 2.42 bits per heavy atom. The van der Waals surface area contributed by atoms with Crippen molar-refractivity contribution >= 4 is 23.7 Å². The van der Waals surface area contributed by atoms with Crippen LogP contribution in [0.1, 0.15) is 54.9 Å². The summed E-state index contributed by atoms with van der Waals surface area (Å²) in [6.07, 6.45) is 4.46. The topological polar surface area (TPSA) is 93.7 Å². The number of nitrogens with one attached hydrogen (secondary N) is 2. The zero-order valence-corrected chi connectivity index (χ0v) is 17.7. The number of carbonyl (C=O) groups is 3. The third kappa shape index (κ3) is 6.84. The molecule has 0 aliphatic heterocycles. The molecule has 0 unspecified atom stereocenters. The highest BCUT2D eigenvalue weighted by atomic mass is 16.7. The van der Waals surface area contributed by atoms with E-state index < -0.39 is 6.16 Å². The first-order chi connectivity index (χ1) is 15.0. The molecular formula is C24H28N2O5. The molecule has 1 aliphatic carbocycles. The van der Waals surface area contributed by atoms with Crippen molar-refractivity contribution in [3.05, 3.63) is 59.7 Å². The van der Waals surface area contributed by atoms with Crippen LogP contribution in [0, 0.1) is 5.92 Å². The second kappa shape index (κ2) is 11.2. The minimum Gasteiger partial charge on any atom is -0.434 e. The Hall–Kier alpha value is -3.35. The molecule has 0 heterocycles. The van der Waals surface area contributed by atoms with E-state index in [4.69, 9.17) is 9.47 Å². The molecular weight excluding hydrogens is 396 g/mol. The van der Waals surface area contributed by atoms with Gasteiger partial charge in [0.2, 0.25) is 5.91 Å². The van der Waals surface area contributed by atoms with Crippen LogP contribution in [0.5, 0.6) is 5.75 Å². The molecule has 1 saturated carbocycles. The van der Waals surface area contributed by atoms with Gasteiger partial charge in [0.1, 0.15) is 5.75 Å². The fourth-order valence-corrected chi connectivity index (χ4v) is 3.65. The molecule has 0 spiro atoms. The third-order valence-electron chi connectivity index (χ3n) is 5.27. The summed E-state index contributed by atoms with van der Waals surface area (Å²) in [6.45, 7) is 2.27. The normalized spacial score (nSPS) is 13.5. The van der Waals surface area contributed by atoms with Gasteiger partial charge in [-0.05, 0) is 61.6 Å². The quantitative estimate of drug-likeness (QED) is 0.474. The van der Waals surface area contributed by atoms with Crippen LogP contribution < -0.4 is 15.4 Å². The summed E-state index contributed by atoms with van der Waals surface area (Å²) < 4.78 is 9.72. The van der Waals surface area contributed by atoms with E-state index in [2.05, 4.69) is 10.6 Å². The Morgan fingerprint density at radius 2 is 1.71 bits per heavy atom. The van der Waals surface area contributed by atoms with Gasteiger partial charge >= 0.3 is 6.16 Å². The fourth-order valence-electron chi connectivity index (χ4n) is 3.65. The summed E-state index contributed by atoms with van der Waals surface area (Å²) in [5, 5.41) is 5.85. The molecule has 0 atom stereocenters. The zero-order valence-electron chi connectivity index (χ0n) is 17.7. The van der Waals surface area contributed by atoms with Gasteiger partial charge in [-0.25, -0.2) is 4.79 Å². The van der Waals surface area contributed by atoms with Crippen molar-refractivity contribution in [2.24, 2.45) is 5.92 Å². The van der Waals surface area contributed by atoms with Crippen LogP contribution in [0.4, 0.5) is 10.5 Å². The summed E-state index contributed by atoms with van der Waals surface area (Å²) >= 11 is 0. The number of carbonyl (C=O) groups excluding carboxylic acids is 3. The van der Waals surface area contributed by atoms with Crippen LogP contribution in [0.15, 0.2) is 48.5 Å². The highest BCUT2D eigenvalue weighted by Gasteiger charge is 2.18. The Labute approximate surface area is 182 Å². The van der Waals surface area contributed by atoms with Gasteiger partial charge in [-0.2, -0.15) is 0 Å². The Morgan fingerprint density at radius 1 is 1.00 bits per heavy atom. The van der Waals surface area contributed by atoms with E-state index >= 15 is 0 Å². The smallest absolute Gasteiger partial charge is 0.434 e. The molecule has 3 rings (SSSR count). The van der Waals surface area contributed by atoms with Crippen molar-refractivity contribution in [1.29, 1.82) is 0 Å². The number of para-hydroxylation sites is 1.